The fourth-order valence-corrected chi connectivity index (χ4v) is 4.74. The van der Waals surface area contributed by atoms with Crippen LogP contribution in [0.25, 0.3) is 11.5 Å². The van der Waals surface area contributed by atoms with Gasteiger partial charge in [0.2, 0.25) is 11.8 Å². The van der Waals surface area contributed by atoms with Crippen LogP contribution in [0.3, 0.4) is 0 Å². The van der Waals surface area contributed by atoms with Crippen molar-refractivity contribution in [3.63, 3.8) is 0 Å². The molecular weight excluding hydrogens is 434 g/mol. The SMILES string of the molecule is COc1cccc(-c2nnc(NSC(C)C(C)c3ncc(Cl)cn3)n2C2CC23CC3)n1. The van der Waals surface area contributed by atoms with Crippen LogP contribution in [0.1, 0.15) is 50.9 Å². The van der Waals surface area contributed by atoms with Gasteiger partial charge in [0.25, 0.3) is 0 Å². The van der Waals surface area contributed by atoms with Gasteiger partial charge < -0.3 is 4.74 Å². The Morgan fingerprint density at radius 2 is 2.00 bits per heavy atom. The molecule has 0 bridgehead atoms. The Labute approximate surface area is 190 Å². The monoisotopic (exact) mass is 457 g/mol. The third-order valence-electron chi connectivity index (χ3n) is 6.30. The third kappa shape index (κ3) is 3.96. The Balaban J connectivity index is 1.36. The Hall–Kier alpha value is -2.39. The molecule has 3 unspecified atom stereocenters. The number of methoxy groups -OCH3 is 1. The van der Waals surface area contributed by atoms with Gasteiger partial charge in [-0.25, -0.2) is 15.0 Å². The molecule has 1 N–H and O–H groups in total. The van der Waals surface area contributed by atoms with Gasteiger partial charge in [0, 0.05) is 35.7 Å². The number of aromatic nitrogens is 6. The summed E-state index contributed by atoms with van der Waals surface area (Å²) in [5.41, 5.74) is 1.20. The molecule has 0 aliphatic heterocycles. The normalized spacial score (nSPS) is 20.3. The van der Waals surface area contributed by atoms with Crippen molar-refractivity contribution in [2.24, 2.45) is 5.41 Å². The highest BCUT2D eigenvalue weighted by Gasteiger charge is 2.64. The van der Waals surface area contributed by atoms with Gasteiger partial charge in [-0.1, -0.05) is 31.5 Å². The lowest BCUT2D eigenvalue weighted by Gasteiger charge is -2.19. The van der Waals surface area contributed by atoms with Gasteiger partial charge in [-0.05, 0) is 42.7 Å². The van der Waals surface area contributed by atoms with E-state index < -0.39 is 0 Å². The molecule has 2 aliphatic carbocycles. The van der Waals surface area contributed by atoms with Crippen molar-refractivity contribution in [1.82, 2.24) is 29.7 Å². The van der Waals surface area contributed by atoms with Crippen LogP contribution in [0.2, 0.25) is 5.02 Å². The summed E-state index contributed by atoms with van der Waals surface area (Å²) in [5, 5.41) is 9.71. The number of rotatable bonds is 8. The molecule has 0 saturated heterocycles. The second kappa shape index (κ2) is 7.94. The zero-order chi connectivity index (χ0) is 21.6. The minimum absolute atomic E-state index is 0.140. The predicted molar refractivity (Wildman–Crippen MR) is 121 cm³/mol. The number of ether oxygens (including phenoxy) is 1. The highest BCUT2D eigenvalue weighted by Crippen LogP contribution is 2.73. The first-order valence-corrected chi connectivity index (χ1v) is 11.6. The molecule has 3 heterocycles. The lowest BCUT2D eigenvalue weighted by atomic mass is 10.1. The number of hydrogen-bond acceptors (Lipinski definition) is 8. The van der Waals surface area contributed by atoms with Crippen molar-refractivity contribution in [1.29, 1.82) is 0 Å². The van der Waals surface area contributed by atoms with Crippen LogP contribution in [0.15, 0.2) is 30.6 Å². The Kier molecular flexibility index (Phi) is 5.26. The minimum Gasteiger partial charge on any atom is -0.481 e. The molecule has 0 radical (unpaired) electrons. The Bertz CT molecular complexity index is 1090. The van der Waals surface area contributed by atoms with Crippen molar-refractivity contribution in [2.45, 2.75) is 50.3 Å². The Morgan fingerprint density at radius 1 is 1.23 bits per heavy atom. The molecule has 5 rings (SSSR count). The van der Waals surface area contributed by atoms with Crippen molar-refractivity contribution in [3.8, 4) is 17.4 Å². The van der Waals surface area contributed by atoms with E-state index in [9.17, 15) is 0 Å². The standard InChI is InChI=1S/C21H24ClN7OS/c1-12(18-23-10-14(22)11-24-18)13(2)31-28-20-27-26-19(15-5-4-6-17(25-15)30-3)29(20)16-9-21(16)7-8-21/h4-6,10-13,16H,7-9H2,1-3H3,(H,27,28). The topological polar surface area (TPSA) is 90.6 Å². The van der Waals surface area contributed by atoms with E-state index in [-0.39, 0.29) is 11.2 Å². The van der Waals surface area contributed by atoms with Crippen LogP contribution in [0.5, 0.6) is 5.88 Å². The first-order valence-electron chi connectivity index (χ1n) is 10.4. The predicted octanol–water partition coefficient (Wildman–Crippen LogP) is 4.77. The number of nitrogens with zero attached hydrogens (tertiary/aromatic N) is 6. The van der Waals surface area contributed by atoms with Gasteiger partial charge in [-0.2, -0.15) is 0 Å². The van der Waals surface area contributed by atoms with Crippen LogP contribution >= 0.6 is 23.5 Å². The molecule has 2 fully saturated rings. The molecule has 162 valence electrons. The summed E-state index contributed by atoms with van der Waals surface area (Å²) in [6, 6.07) is 6.13. The van der Waals surface area contributed by atoms with E-state index in [1.807, 2.05) is 18.2 Å². The average Bonchev–Trinajstić information content (AvgIpc) is 3.69. The summed E-state index contributed by atoms with van der Waals surface area (Å²) >= 11 is 7.52. The smallest absolute Gasteiger partial charge is 0.235 e. The number of anilines is 1. The van der Waals surface area contributed by atoms with E-state index in [1.54, 1.807) is 31.5 Å². The minimum atomic E-state index is 0.140. The van der Waals surface area contributed by atoms with Gasteiger partial charge in [-0.15, -0.1) is 10.2 Å². The third-order valence-corrected chi connectivity index (χ3v) is 7.57. The van der Waals surface area contributed by atoms with Crippen LogP contribution in [0, 0.1) is 5.41 Å². The highest BCUT2D eigenvalue weighted by molar-refractivity contribution is 8.01. The number of hydrogen-bond donors (Lipinski definition) is 1. The number of halogens is 1. The summed E-state index contributed by atoms with van der Waals surface area (Å²) < 4.78 is 11.0. The summed E-state index contributed by atoms with van der Waals surface area (Å²) in [5.74, 6) is 3.01. The van der Waals surface area contributed by atoms with Gasteiger partial charge in [-0.3, -0.25) is 9.29 Å². The molecule has 2 saturated carbocycles. The molecule has 3 aromatic rings. The van der Waals surface area contributed by atoms with Crippen molar-refractivity contribution >= 4 is 29.5 Å². The largest absolute Gasteiger partial charge is 0.481 e. The molecule has 3 atom stereocenters. The van der Waals surface area contributed by atoms with Crippen LogP contribution in [0.4, 0.5) is 5.95 Å². The fourth-order valence-electron chi connectivity index (χ4n) is 3.89. The lowest BCUT2D eigenvalue weighted by molar-refractivity contribution is 0.398. The van der Waals surface area contributed by atoms with Gasteiger partial charge in [0.15, 0.2) is 5.82 Å². The molecular formula is C21H24ClN7OS. The molecule has 31 heavy (non-hydrogen) atoms. The summed E-state index contributed by atoms with van der Waals surface area (Å²) in [6.45, 7) is 4.25. The van der Waals surface area contributed by atoms with E-state index in [2.05, 4.69) is 48.3 Å². The van der Waals surface area contributed by atoms with Gasteiger partial charge in [0.1, 0.15) is 11.5 Å². The van der Waals surface area contributed by atoms with E-state index in [0.717, 1.165) is 23.3 Å². The van der Waals surface area contributed by atoms with E-state index in [4.69, 9.17) is 16.3 Å². The van der Waals surface area contributed by atoms with E-state index in [0.29, 0.717) is 22.4 Å². The maximum Gasteiger partial charge on any atom is 0.235 e. The second-order valence-corrected chi connectivity index (χ2v) is 9.96. The van der Waals surface area contributed by atoms with Gasteiger partial charge >= 0.3 is 0 Å². The quantitative estimate of drug-likeness (QED) is 0.483. The van der Waals surface area contributed by atoms with Crippen LogP contribution in [-0.2, 0) is 0 Å². The highest BCUT2D eigenvalue weighted by atomic mass is 35.5. The molecule has 0 aromatic carbocycles. The molecule has 8 nitrogen and oxygen atoms in total. The maximum absolute atomic E-state index is 5.92. The summed E-state index contributed by atoms with van der Waals surface area (Å²) in [7, 11) is 1.62. The lowest BCUT2D eigenvalue weighted by Crippen LogP contribution is -2.15. The van der Waals surface area contributed by atoms with Crippen molar-refractivity contribution in [2.75, 3.05) is 11.8 Å². The van der Waals surface area contributed by atoms with E-state index in [1.165, 1.54) is 19.3 Å². The average molecular weight is 458 g/mol. The first kappa shape index (κ1) is 20.5. The summed E-state index contributed by atoms with van der Waals surface area (Å²) in [4.78, 5) is 13.3. The summed E-state index contributed by atoms with van der Waals surface area (Å²) in [6.07, 6.45) is 6.99. The molecule has 0 amide bonds. The number of pyridine rings is 1. The first-order chi connectivity index (χ1) is 15.0. The Morgan fingerprint density at radius 3 is 2.68 bits per heavy atom. The van der Waals surface area contributed by atoms with Crippen molar-refractivity contribution < 1.29 is 4.74 Å². The van der Waals surface area contributed by atoms with Gasteiger partial charge in [0.05, 0.1) is 12.1 Å². The van der Waals surface area contributed by atoms with E-state index >= 15 is 0 Å². The van der Waals surface area contributed by atoms with Crippen LogP contribution in [-0.4, -0.2) is 42.1 Å². The molecule has 1 spiro atoms. The maximum atomic E-state index is 5.92. The fraction of sp³-hybridized carbons (Fsp3) is 0.476. The second-order valence-electron chi connectivity index (χ2n) is 8.34. The number of nitrogens with one attached hydrogen (secondary N) is 1. The molecule has 2 aliphatic rings. The molecule has 3 aromatic heterocycles. The molecule has 10 heteroatoms. The van der Waals surface area contributed by atoms with Crippen molar-refractivity contribution in [3.05, 3.63) is 41.4 Å². The zero-order valence-corrected chi connectivity index (χ0v) is 19.2. The van der Waals surface area contributed by atoms with Crippen LogP contribution < -0.4 is 9.46 Å². The zero-order valence-electron chi connectivity index (χ0n) is 17.6.